The smallest absolute Gasteiger partial charge is 0.224 e. The number of benzene rings is 1. The van der Waals surface area contributed by atoms with Crippen molar-refractivity contribution in [2.75, 3.05) is 25.6 Å². The van der Waals surface area contributed by atoms with Crippen LogP contribution < -0.4 is 5.32 Å². The van der Waals surface area contributed by atoms with Crippen molar-refractivity contribution in [3.63, 3.8) is 0 Å². The molecule has 0 aliphatic carbocycles. The second-order valence-electron chi connectivity index (χ2n) is 3.46. The molecule has 0 aliphatic heterocycles. The van der Waals surface area contributed by atoms with Crippen molar-refractivity contribution in [1.82, 2.24) is 5.32 Å². The van der Waals surface area contributed by atoms with E-state index in [9.17, 15) is 9.18 Å². The Bertz CT molecular complexity index is 360. The van der Waals surface area contributed by atoms with Crippen LogP contribution in [0.1, 0.15) is 5.56 Å². The van der Waals surface area contributed by atoms with Crippen LogP contribution in [0.15, 0.2) is 24.3 Å². The number of alkyl halides is 1. The second-order valence-corrected chi connectivity index (χ2v) is 3.84. The zero-order valence-corrected chi connectivity index (χ0v) is 10.2. The monoisotopic (exact) mass is 259 g/mol. The largest absolute Gasteiger partial charge is 0.378 e. The molecule has 1 aromatic carbocycles. The number of ether oxygens (including phenoxy) is 1. The molecule has 0 aromatic heterocycles. The van der Waals surface area contributed by atoms with E-state index >= 15 is 0 Å². The normalized spacial score (nSPS) is 10.2. The predicted molar refractivity (Wildman–Crippen MR) is 64.7 cm³/mol. The van der Waals surface area contributed by atoms with Crippen molar-refractivity contribution < 1.29 is 13.9 Å². The number of halogens is 2. The van der Waals surface area contributed by atoms with Gasteiger partial charge in [-0.2, -0.15) is 0 Å². The highest BCUT2D eigenvalue weighted by atomic mass is 35.5. The Morgan fingerprint density at radius 2 is 2.24 bits per heavy atom. The summed E-state index contributed by atoms with van der Waals surface area (Å²) in [6.07, 6.45) is 0.174. The number of amides is 1. The van der Waals surface area contributed by atoms with Gasteiger partial charge in [-0.05, 0) is 17.7 Å². The Morgan fingerprint density at radius 3 is 2.94 bits per heavy atom. The van der Waals surface area contributed by atoms with Crippen molar-refractivity contribution in [3.8, 4) is 0 Å². The van der Waals surface area contributed by atoms with Crippen molar-refractivity contribution in [2.24, 2.45) is 0 Å². The molecule has 1 rings (SSSR count). The topological polar surface area (TPSA) is 38.3 Å². The maximum absolute atomic E-state index is 12.8. The van der Waals surface area contributed by atoms with Crippen LogP contribution in [0, 0.1) is 5.82 Å². The molecule has 5 heteroatoms. The fourth-order valence-corrected chi connectivity index (χ4v) is 1.42. The number of carbonyl (C=O) groups is 1. The van der Waals surface area contributed by atoms with Crippen molar-refractivity contribution in [3.05, 3.63) is 35.6 Å². The fraction of sp³-hybridized carbons (Fsp3) is 0.417. The van der Waals surface area contributed by atoms with Crippen LogP contribution in [0.4, 0.5) is 4.39 Å². The van der Waals surface area contributed by atoms with Gasteiger partial charge in [0.15, 0.2) is 0 Å². The first-order chi connectivity index (χ1) is 8.22. The standard InChI is InChI=1S/C12H15ClFNO2/c13-4-6-17-7-5-15-12(16)9-10-2-1-3-11(14)8-10/h1-3,8H,4-7,9H2,(H,15,16). The molecular weight excluding hydrogens is 245 g/mol. The molecule has 1 N–H and O–H groups in total. The molecule has 0 fully saturated rings. The minimum Gasteiger partial charge on any atom is -0.378 e. The number of nitrogens with one attached hydrogen (secondary N) is 1. The molecule has 0 saturated heterocycles. The van der Waals surface area contributed by atoms with Gasteiger partial charge in [-0.25, -0.2) is 4.39 Å². The quantitative estimate of drug-likeness (QED) is 0.598. The lowest BCUT2D eigenvalue weighted by Gasteiger charge is -2.05. The predicted octanol–water partition coefficient (Wildman–Crippen LogP) is 1.74. The van der Waals surface area contributed by atoms with Crippen molar-refractivity contribution >= 4 is 17.5 Å². The maximum Gasteiger partial charge on any atom is 0.224 e. The van der Waals surface area contributed by atoms with Crippen LogP contribution in [0.25, 0.3) is 0 Å². The van der Waals surface area contributed by atoms with Crippen molar-refractivity contribution in [2.45, 2.75) is 6.42 Å². The highest BCUT2D eigenvalue weighted by Crippen LogP contribution is 2.03. The molecule has 3 nitrogen and oxygen atoms in total. The molecule has 0 atom stereocenters. The first kappa shape index (κ1) is 13.9. The van der Waals surface area contributed by atoms with Gasteiger partial charge in [0.2, 0.25) is 5.91 Å². The molecule has 94 valence electrons. The van der Waals surface area contributed by atoms with Gasteiger partial charge in [-0.15, -0.1) is 11.6 Å². The third-order valence-corrected chi connectivity index (χ3v) is 2.20. The number of hydrogen-bond donors (Lipinski definition) is 1. The maximum atomic E-state index is 12.8. The molecule has 0 aliphatic rings. The summed E-state index contributed by atoms with van der Waals surface area (Å²) in [6.45, 7) is 1.34. The van der Waals surface area contributed by atoms with E-state index < -0.39 is 0 Å². The van der Waals surface area contributed by atoms with E-state index in [1.165, 1.54) is 12.1 Å². The van der Waals surface area contributed by atoms with Gasteiger partial charge >= 0.3 is 0 Å². The lowest BCUT2D eigenvalue weighted by Crippen LogP contribution is -2.28. The molecule has 0 heterocycles. The van der Waals surface area contributed by atoms with Crippen LogP contribution in [-0.4, -0.2) is 31.5 Å². The summed E-state index contributed by atoms with van der Waals surface area (Å²) in [5.41, 5.74) is 0.657. The summed E-state index contributed by atoms with van der Waals surface area (Å²) < 4.78 is 17.9. The Hall–Kier alpha value is -1.13. The Kier molecular flexibility index (Phi) is 6.58. The molecule has 0 unspecified atom stereocenters. The average molecular weight is 260 g/mol. The summed E-state index contributed by atoms with van der Waals surface area (Å²) in [7, 11) is 0. The molecule has 0 saturated carbocycles. The van der Waals surface area contributed by atoms with E-state index in [2.05, 4.69) is 5.32 Å². The summed E-state index contributed by atoms with van der Waals surface area (Å²) in [6, 6.07) is 6.00. The van der Waals surface area contributed by atoms with E-state index in [1.807, 2.05) is 0 Å². The summed E-state index contributed by atoms with van der Waals surface area (Å²) in [5, 5.41) is 2.68. The highest BCUT2D eigenvalue weighted by molar-refractivity contribution is 6.17. The van der Waals surface area contributed by atoms with Crippen LogP contribution in [0.2, 0.25) is 0 Å². The van der Waals surface area contributed by atoms with Crippen LogP contribution in [0.5, 0.6) is 0 Å². The third-order valence-electron chi connectivity index (χ3n) is 2.04. The van der Waals surface area contributed by atoms with E-state index in [0.29, 0.717) is 31.2 Å². The summed E-state index contributed by atoms with van der Waals surface area (Å²) >= 11 is 5.42. The first-order valence-electron chi connectivity index (χ1n) is 5.37. The molecule has 1 amide bonds. The van der Waals surface area contributed by atoms with Gasteiger partial charge in [0.1, 0.15) is 5.82 Å². The summed E-state index contributed by atoms with van der Waals surface area (Å²) in [5.74, 6) is -0.0390. The van der Waals surface area contributed by atoms with Gasteiger partial charge in [0.25, 0.3) is 0 Å². The first-order valence-corrected chi connectivity index (χ1v) is 5.90. The number of hydrogen-bond acceptors (Lipinski definition) is 2. The molecule has 0 radical (unpaired) electrons. The van der Waals surface area contributed by atoms with E-state index in [-0.39, 0.29) is 18.1 Å². The molecular formula is C12H15ClFNO2. The van der Waals surface area contributed by atoms with Gasteiger partial charge in [0, 0.05) is 12.4 Å². The molecule has 17 heavy (non-hydrogen) atoms. The minimum atomic E-state index is -0.333. The number of rotatable bonds is 7. The van der Waals surface area contributed by atoms with Gasteiger partial charge in [0.05, 0.1) is 19.6 Å². The second kappa shape index (κ2) is 8.03. The van der Waals surface area contributed by atoms with Crippen LogP contribution in [-0.2, 0) is 16.0 Å². The Balaban J connectivity index is 2.21. The number of carbonyl (C=O) groups excluding carboxylic acids is 1. The lowest BCUT2D eigenvalue weighted by atomic mass is 10.1. The molecule has 0 spiro atoms. The lowest BCUT2D eigenvalue weighted by molar-refractivity contribution is -0.120. The summed E-state index contributed by atoms with van der Waals surface area (Å²) in [4.78, 5) is 11.4. The van der Waals surface area contributed by atoms with Crippen LogP contribution >= 0.6 is 11.6 Å². The highest BCUT2D eigenvalue weighted by Gasteiger charge is 2.03. The SMILES string of the molecule is O=C(Cc1cccc(F)c1)NCCOCCCl. The third kappa shape index (κ3) is 6.24. The Morgan fingerprint density at radius 1 is 1.41 bits per heavy atom. The molecule has 0 bridgehead atoms. The fourth-order valence-electron chi connectivity index (χ4n) is 1.31. The zero-order chi connectivity index (χ0) is 12.5. The zero-order valence-electron chi connectivity index (χ0n) is 9.42. The minimum absolute atomic E-state index is 0.148. The van der Waals surface area contributed by atoms with Crippen LogP contribution in [0.3, 0.4) is 0 Å². The average Bonchev–Trinajstić information content (AvgIpc) is 2.29. The van der Waals surface area contributed by atoms with E-state index in [4.69, 9.17) is 16.3 Å². The van der Waals surface area contributed by atoms with Gasteiger partial charge in [-0.3, -0.25) is 4.79 Å². The molecule has 1 aromatic rings. The van der Waals surface area contributed by atoms with E-state index in [0.717, 1.165) is 0 Å². The van der Waals surface area contributed by atoms with Gasteiger partial charge in [-0.1, -0.05) is 12.1 Å². The van der Waals surface area contributed by atoms with E-state index in [1.54, 1.807) is 12.1 Å². The Labute approximate surface area is 105 Å². The van der Waals surface area contributed by atoms with Gasteiger partial charge < -0.3 is 10.1 Å². The van der Waals surface area contributed by atoms with Crippen molar-refractivity contribution in [1.29, 1.82) is 0 Å².